The van der Waals surface area contributed by atoms with Crippen molar-refractivity contribution >= 4 is 27.4 Å². The first-order chi connectivity index (χ1) is 8.86. The normalized spacial score (nSPS) is 12.6. The second kappa shape index (κ2) is 7.06. The van der Waals surface area contributed by atoms with Crippen molar-refractivity contribution in [2.75, 3.05) is 32.1 Å². The molecule has 3 nitrogen and oxygen atoms in total. The predicted molar refractivity (Wildman–Crippen MR) is 85.2 cm³/mol. The number of carbonyl (C=O) groups excluding carboxylic acids is 1. The van der Waals surface area contributed by atoms with Crippen LogP contribution in [0.15, 0.2) is 22.7 Å². The molecule has 0 radical (unpaired) electrons. The SMILES string of the molecule is CCN(c1ccc(Br)cc1C(C)=O)C(C)CN(C)C. The van der Waals surface area contributed by atoms with Crippen LogP contribution in [0.1, 0.15) is 31.1 Å². The second-order valence-corrected chi connectivity index (χ2v) is 6.03. The van der Waals surface area contributed by atoms with Crippen LogP contribution in [0, 0.1) is 0 Å². The Morgan fingerprint density at radius 2 is 2.00 bits per heavy atom. The minimum Gasteiger partial charge on any atom is -0.367 e. The first kappa shape index (κ1) is 16.2. The van der Waals surface area contributed by atoms with Gasteiger partial charge in [0.2, 0.25) is 0 Å². The van der Waals surface area contributed by atoms with Crippen LogP contribution in [-0.2, 0) is 0 Å². The molecule has 0 saturated carbocycles. The number of nitrogens with zero attached hydrogens (tertiary/aromatic N) is 2. The predicted octanol–water partition coefficient (Wildman–Crippen LogP) is 3.43. The maximum Gasteiger partial charge on any atom is 0.161 e. The Bertz CT molecular complexity index is 446. The third-order valence-electron chi connectivity index (χ3n) is 3.15. The molecule has 1 unspecified atom stereocenters. The van der Waals surface area contributed by atoms with Crippen LogP contribution in [0.4, 0.5) is 5.69 Å². The number of carbonyl (C=O) groups is 1. The summed E-state index contributed by atoms with van der Waals surface area (Å²) in [6.45, 7) is 7.78. The molecular formula is C15H23BrN2O. The van der Waals surface area contributed by atoms with E-state index in [1.807, 2.05) is 18.2 Å². The van der Waals surface area contributed by atoms with Gasteiger partial charge in [-0.05, 0) is 53.1 Å². The van der Waals surface area contributed by atoms with E-state index in [1.165, 1.54) is 0 Å². The summed E-state index contributed by atoms with van der Waals surface area (Å²) < 4.78 is 0.942. The molecular weight excluding hydrogens is 304 g/mol. The second-order valence-electron chi connectivity index (χ2n) is 5.11. The Kier molecular flexibility index (Phi) is 6.01. The lowest BCUT2D eigenvalue weighted by atomic mass is 10.1. The summed E-state index contributed by atoms with van der Waals surface area (Å²) in [7, 11) is 4.13. The van der Waals surface area contributed by atoms with Crippen LogP contribution >= 0.6 is 15.9 Å². The lowest BCUT2D eigenvalue weighted by molar-refractivity contribution is 0.101. The summed E-state index contributed by atoms with van der Waals surface area (Å²) in [5.41, 5.74) is 1.80. The molecule has 0 aliphatic rings. The van der Waals surface area contributed by atoms with Gasteiger partial charge in [-0.1, -0.05) is 15.9 Å². The topological polar surface area (TPSA) is 23.6 Å². The van der Waals surface area contributed by atoms with Gasteiger partial charge in [-0.15, -0.1) is 0 Å². The molecule has 0 aliphatic carbocycles. The molecule has 0 N–H and O–H groups in total. The van der Waals surface area contributed by atoms with Crippen molar-refractivity contribution in [2.45, 2.75) is 26.8 Å². The molecule has 0 aromatic heterocycles. The number of rotatable bonds is 6. The molecule has 0 fully saturated rings. The summed E-state index contributed by atoms with van der Waals surface area (Å²) in [4.78, 5) is 16.3. The van der Waals surface area contributed by atoms with E-state index in [-0.39, 0.29) is 5.78 Å². The minimum absolute atomic E-state index is 0.104. The van der Waals surface area contributed by atoms with Crippen LogP contribution < -0.4 is 4.90 Å². The summed E-state index contributed by atoms with van der Waals surface area (Å²) in [5, 5.41) is 0. The summed E-state index contributed by atoms with van der Waals surface area (Å²) >= 11 is 3.43. The highest BCUT2D eigenvalue weighted by molar-refractivity contribution is 9.10. The van der Waals surface area contributed by atoms with Crippen molar-refractivity contribution < 1.29 is 4.79 Å². The third-order valence-corrected chi connectivity index (χ3v) is 3.64. The van der Waals surface area contributed by atoms with Gasteiger partial charge in [0, 0.05) is 34.9 Å². The first-order valence-electron chi connectivity index (χ1n) is 6.58. The van der Waals surface area contributed by atoms with E-state index < -0.39 is 0 Å². The molecule has 0 aliphatic heterocycles. The van der Waals surface area contributed by atoms with Gasteiger partial charge in [-0.3, -0.25) is 4.79 Å². The van der Waals surface area contributed by atoms with E-state index >= 15 is 0 Å². The van der Waals surface area contributed by atoms with Crippen LogP contribution in [0.2, 0.25) is 0 Å². The Morgan fingerprint density at radius 3 is 2.47 bits per heavy atom. The molecule has 1 aromatic rings. The average Bonchev–Trinajstić information content (AvgIpc) is 2.30. The zero-order chi connectivity index (χ0) is 14.6. The van der Waals surface area contributed by atoms with Crippen LogP contribution in [0.3, 0.4) is 0 Å². The molecule has 1 rings (SSSR count). The van der Waals surface area contributed by atoms with E-state index in [0.717, 1.165) is 28.8 Å². The van der Waals surface area contributed by atoms with Crippen molar-refractivity contribution in [1.29, 1.82) is 0 Å². The van der Waals surface area contributed by atoms with Crippen molar-refractivity contribution in [3.05, 3.63) is 28.2 Å². The van der Waals surface area contributed by atoms with E-state index in [0.29, 0.717) is 6.04 Å². The van der Waals surface area contributed by atoms with Gasteiger partial charge < -0.3 is 9.80 Å². The molecule has 0 bridgehead atoms. The Hall–Kier alpha value is -0.870. The minimum atomic E-state index is 0.104. The number of hydrogen-bond donors (Lipinski definition) is 0. The van der Waals surface area contributed by atoms with Gasteiger partial charge in [0.25, 0.3) is 0 Å². The van der Waals surface area contributed by atoms with Gasteiger partial charge in [-0.2, -0.15) is 0 Å². The molecule has 4 heteroatoms. The molecule has 0 saturated heterocycles. The smallest absolute Gasteiger partial charge is 0.161 e. The van der Waals surface area contributed by atoms with Gasteiger partial charge in [0.1, 0.15) is 0 Å². The van der Waals surface area contributed by atoms with Gasteiger partial charge in [0.05, 0.1) is 0 Å². The van der Waals surface area contributed by atoms with Gasteiger partial charge in [-0.25, -0.2) is 0 Å². The van der Waals surface area contributed by atoms with Gasteiger partial charge in [0.15, 0.2) is 5.78 Å². The Morgan fingerprint density at radius 1 is 1.37 bits per heavy atom. The Labute approximate surface area is 124 Å². The average molecular weight is 327 g/mol. The summed E-state index contributed by atoms with van der Waals surface area (Å²) in [6, 6.07) is 6.28. The third kappa shape index (κ3) is 4.32. The fourth-order valence-electron chi connectivity index (χ4n) is 2.39. The monoisotopic (exact) mass is 326 g/mol. The molecule has 19 heavy (non-hydrogen) atoms. The Balaban J connectivity index is 3.14. The first-order valence-corrected chi connectivity index (χ1v) is 7.38. The quantitative estimate of drug-likeness (QED) is 0.748. The molecule has 1 atom stereocenters. The van der Waals surface area contributed by atoms with E-state index in [1.54, 1.807) is 6.92 Å². The standard InChI is InChI=1S/C15H23BrN2O/c1-6-18(11(2)10-17(4)5)15-8-7-13(16)9-14(15)12(3)19/h7-9,11H,6,10H2,1-5H3. The highest BCUT2D eigenvalue weighted by atomic mass is 79.9. The summed E-state index contributed by atoms with van der Waals surface area (Å²) in [6.07, 6.45) is 0. The lowest BCUT2D eigenvalue weighted by Crippen LogP contribution is -2.40. The number of benzene rings is 1. The fraction of sp³-hybridized carbons (Fsp3) is 0.533. The molecule has 0 spiro atoms. The number of ketones is 1. The number of halogens is 1. The highest BCUT2D eigenvalue weighted by Crippen LogP contribution is 2.26. The van der Waals surface area contributed by atoms with Crippen molar-refractivity contribution in [2.24, 2.45) is 0 Å². The number of hydrogen-bond acceptors (Lipinski definition) is 3. The van der Waals surface area contributed by atoms with Crippen LogP contribution in [-0.4, -0.2) is 43.9 Å². The van der Waals surface area contributed by atoms with E-state index in [9.17, 15) is 4.79 Å². The molecule has 0 amide bonds. The van der Waals surface area contributed by atoms with Crippen LogP contribution in [0.5, 0.6) is 0 Å². The molecule has 106 valence electrons. The highest BCUT2D eigenvalue weighted by Gasteiger charge is 2.18. The van der Waals surface area contributed by atoms with Crippen molar-refractivity contribution in [3.8, 4) is 0 Å². The van der Waals surface area contributed by atoms with E-state index in [4.69, 9.17) is 0 Å². The lowest BCUT2D eigenvalue weighted by Gasteiger charge is -2.33. The summed E-state index contributed by atoms with van der Waals surface area (Å²) in [5.74, 6) is 0.104. The maximum absolute atomic E-state index is 11.8. The number of anilines is 1. The number of likely N-dealkylation sites (N-methyl/N-ethyl adjacent to an activating group) is 2. The largest absolute Gasteiger partial charge is 0.367 e. The van der Waals surface area contributed by atoms with Crippen LogP contribution in [0.25, 0.3) is 0 Å². The zero-order valence-corrected chi connectivity index (χ0v) is 14.0. The number of Topliss-reactive ketones (excluding diaryl/α,β-unsaturated/α-hetero) is 1. The molecule has 1 aromatic carbocycles. The fourth-order valence-corrected chi connectivity index (χ4v) is 2.75. The zero-order valence-electron chi connectivity index (χ0n) is 12.4. The van der Waals surface area contributed by atoms with Gasteiger partial charge >= 0.3 is 0 Å². The molecule has 0 heterocycles. The van der Waals surface area contributed by atoms with Crippen molar-refractivity contribution in [3.63, 3.8) is 0 Å². The van der Waals surface area contributed by atoms with Crippen molar-refractivity contribution in [1.82, 2.24) is 4.90 Å². The maximum atomic E-state index is 11.8. The van der Waals surface area contributed by atoms with E-state index in [2.05, 4.69) is 53.7 Å².